The van der Waals surface area contributed by atoms with Gasteiger partial charge < -0.3 is 15.1 Å². The first-order valence-electron chi connectivity index (χ1n) is 8.51. The summed E-state index contributed by atoms with van der Waals surface area (Å²) < 4.78 is 1.96. The van der Waals surface area contributed by atoms with Crippen LogP contribution in [0.3, 0.4) is 0 Å². The van der Waals surface area contributed by atoms with E-state index in [0.29, 0.717) is 6.04 Å². The third kappa shape index (κ3) is 3.51. The molecule has 1 saturated heterocycles. The number of nitrogens with one attached hydrogen (secondary N) is 1. The van der Waals surface area contributed by atoms with E-state index < -0.39 is 0 Å². The van der Waals surface area contributed by atoms with Gasteiger partial charge in [-0.25, -0.2) is 9.97 Å². The smallest absolute Gasteiger partial charge is 0.225 e. The molecule has 0 amide bonds. The van der Waals surface area contributed by atoms with Crippen LogP contribution >= 0.6 is 0 Å². The quantitative estimate of drug-likeness (QED) is 0.893. The zero-order valence-corrected chi connectivity index (χ0v) is 15.0. The average Bonchev–Trinajstić information content (AvgIpc) is 2.87. The van der Waals surface area contributed by atoms with E-state index in [-0.39, 0.29) is 0 Å². The summed E-state index contributed by atoms with van der Waals surface area (Å²) in [5.41, 5.74) is 2.36. The van der Waals surface area contributed by atoms with Crippen molar-refractivity contribution in [3.05, 3.63) is 29.7 Å². The van der Waals surface area contributed by atoms with Crippen molar-refractivity contribution in [1.82, 2.24) is 25.1 Å². The molecular formula is C17H27N7. The summed E-state index contributed by atoms with van der Waals surface area (Å²) in [6, 6.07) is 2.30. The molecule has 0 radical (unpaired) electrons. The Morgan fingerprint density at radius 3 is 2.75 bits per heavy atom. The molecule has 0 aliphatic carbocycles. The molecule has 130 valence electrons. The summed E-state index contributed by atoms with van der Waals surface area (Å²) in [5, 5.41) is 8.27. The number of nitrogens with zero attached hydrogens (tertiary/aromatic N) is 6. The van der Waals surface area contributed by atoms with Crippen LogP contribution in [-0.4, -0.2) is 53.0 Å². The maximum Gasteiger partial charge on any atom is 0.225 e. The van der Waals surface area contributed by atoms with E-state index in [1.807, 2.05) is 30.2 Å². The number of hydrogen-bond donors (Lipinski definition) is 1. The van der Waals surface area contributed by atoms with Crippen LogP contribution in [0.25, 0.3) is 0 Å². The van der Waals surface area contributed by atoms with E-state index >= 15 is 0 Å². The van der Waals surface area contributed by atoms with Gasteiger partial charge in [-0.1, -0.05) is 0 Å². The van der Waals surface area contributed by atoms with Crippen LogP contribution in [0.1, 0.15) is 24.1 Å². The first kappa shape index (κ1) is 16.7. The van der Waals surface area contributed by atoms with Crippen molar-refractivity contribution in [2.75, 3.05) is 37.0 Å². The zero-order chi connectivity index (χ0) is 17.1. The van der Waals surface area contributed by atoms with Crippen molar-refractivity contribution in [2.24, 2.45) is 7.05 Å². The highest BCUT2D eigenvalue weighted by atomic mass is 15.4. The Kier molecular flexibility index (Phi) is 4.99. The maximum atomic E-state index is 4.56. The van der Waals surface area contributed by atoms with Crippen molar-refractivity contribution < 1.29 is 0 Å². The monoisotopic (exact) mass is 329 g/mol. The summed E-state index contributed by atoms with van der Waals surface area (Å²) in [6.45, 7) is 4.88. The lowest BCUT2D eigenvalue weighted by Crippen LogP contribution is -2.46. The SMILES string of the molecule is Cc1nn(C)c(N(C)C)c1CN[C@@H]1CCCN(c2ncccn2)C1. The average molecular weight is 329 g/mol. The van der Waals surface area contributed by atoms with Gasteiger partial charge in [-0.15, -0.1) is 0 Å². The van der Waals surface area contributed by atoms with E-state index in [0.717, 1.165) is 37.7 Å². The van der Waals surface area contributed by atoms with Crippen molar-refractivity contribution >= 4 is 11.8 Å². The molecule has 0 unspecified atom stereocenters. The lowest BCUT2D eigenvalue weighted by molar-refractivity contribution is 0.418. The topological polar surface area (TPSA) is 62.1 Å². The second kappa shape index (κ2) is 7.17. The fraction of sp³-hybridized carbons (Fsp3) is 0.588. The van der Waals surface area contributed by atoms with Crippen LogP contribution in [0.5, 0.6) is 0 Å². The molecule has 3 heterocycles. The molecule has 0 saturated carbocycles. The Hall–Kier alpha value is -2.15. The molecular weight excluding hydrogens is 302 g/mol. The van der Waals surface area contributed by atoms with Crippen molar-refractivity contribution in [1.29, 1.82) is 0 Å². The Bertz CT molecular complexity index is 665. The highest BCUT2D eigenvalue weighted by molar-refractivity contribution is 5.48. The van der Waals surface area contributed by atoms with Crippen molar-refractivity contribution in [3.8, 4) is 0 Å². The lowest BCUT2D eigenvalue weighted by atomic mass is 10.1. The number of anilines is 2. The molecule has 7 nitrogen and oxygen atoms in total. The molecule has 1 N–H and O–H groups in total. The van der Waals surface area contributed by atoms with Gasteiger partial charge in [-0.3, -0.25) is 4.68 Å². The molecule has 7 heteroatoms. The first-order chi connectivity index (χ1) is 11.6. The molecule has 1 atom stereocenters. The van der Waals surface area contributed by atoms with Gasteiger partial charge in [0.25, 0.3) is 0 Å². The highest BCUT2D eigenvalue weighted by Crippen LogP contribution is 2.22. The normalized spacial score (nSPS) is 18.0. The number of aryl methyl sites for hydroxylation is 2. The summed E-state index contributed by atoms with van der Waals surface area (Å²) in [6.07, 6.45) is 5.95. The van der Waals surface area contributed by atoms with Crippen molar-refractivity contribution in [2.45, 2.75) is 32.4 Å². The number of piperidine rings is 1. The standard InChI is InChI=1S/C17H27N7/c1-13-15(16(22(2)3)23(4)21-13)11-20-14-7-5-10-24(12-14)17-18-8-6-9-19-17/h6,8-9,14,20H,5,7,10-12H2,1-4H3/t14-/m1/s1. The fourth-order valence-corrected chi connectivity index (χ4v) is 3.48. The van der Waals surface area contributed by atoms with Crippen LogP contribution in [0, 0.1) is 6.92 Å². The van der Waals surface area contributed by atoms with Gasteiger partial charge in [0.1, 0.15) is 5.82 Å². The maximum absolute atomic E-state index is 4.56. The Balaban J connectivity index is 1.65. The predicted octanol–water partition coefficient (Wildman–Crippen LogP) is 1.34. The summed E-state index contributed by atoms with van der Waals surface area (Å²) in [4.78, 5) is 13.1. The summed E-state index contributed by atoms with van der Waals surface area (Å²) >= 11 is 0. The van der Waals surface area contributed by atoms with Gasteiger partial charge in [0.15, 0.2) is 0 Å². The minimum absolute atomic E-state index is 0.442. The van der Waals surface area contributed by atoms with Crippen LogP contribution < -0.4 is 15.1 Å². The van der Waals surface area contributed by atoms with E-state index in [1.165, 1.54) is 17.8 Å². The van der Waals surface area contributed by atoms with Crippen LogP contribution in [0.4, 0.5) is 11.8 Å². The molecule has 24 heavy (non-hydrogen) atoms. The number of aromatic nitrogens is 4. The Morgan fingerprint density at radius 1 is 1.29 bits per heavy atom. The van der Waals surface area contributed by atoms with E-state index in [9.17, 15) is 0 Å². The van der Waals surface area contributed by atoms with E-state index in [2.05, 4.69) is 51.2 Å². The predicted molar refractivity (Wildman–Crippen MR) is 96.4 cm³/mol. The molecule has 2 aromatic rings. The summed E-state index contributed by atoms with van der Waals surface area (Å²) in [7, 11) is 6.13. The number of hydrogen-bond acceptors (Lipinski definition) is 6. The van der Waals surface area contributed by atoms with Crippen molar-refractivity contribution in [3.63, 3.8) is 0 Å². The molecule has 0 aromatic carbocycles. The highest BCUT2D eigenvalue weighted by Gasteiger charge is 2.22. The second-order valence-electron chi connectivity index (χ2n) is 6.62. The summed E-state index contributed by atoms with van der Waals surface area (Å²) in [5.74, 6) is 1.99. The molecule has 3 rings (SSSR count). The molecule has 0 bridgehead atoms. The zero-order valence-electron chi connectivity index (χ0n) is 15.0. The molecule has 1 fully saturated rings. The second-order valence-corrected chi connectivity index (χ2v) is 6.62. The van der Waals surface area contributed by atoms with Gasteiger partial charge >= 0.3 is 0 Å². The Morgan fingerprint density at radius 2 is 2.04 bits per heavy atom. The van der Waals surface area contributed by atoms with Gasteiger partial charge in [-0.05, 0) is 25.8 Å². The lowest BCUT2D eigenvalue weighted by Gasteiger charge is -2.33. The third-order valence-electron chi connectivity index (χ3n) is 4.56. The van der Waals surface area contributed by atoms with Gasteiger partial charge in [0.05, 0.1) is 5.69 Å². The molecule has 1 aliphatic heterocycles. The first-order valence-corrected chi connectivity index (χ1v) is 8.51. The van der Waals surface area contributed by atoms with E-state index in [4.69, 9.17) is 0 Å². The van der Waals surface area contributed by atoms with Crippen LogP contribution in [-0.2, 0) is 13.6 Å². The molecule has 2 aromatic heterocycles. The minimum atomic E-state index is 0.442. The van der Waals surface area contributed by atoms with Gasteiger partial charge in [0.2, 0.25) is 5.95 Å². The van der Waals surface area contributed by atoms with Crippen LogP contribution in [0.2, 0.25) is 0 Å². The minimum Gasteiger partial charge on any atom is -0.363 e. The molecule has 0 spiro atoms. The van der Waals surface area contributed by atoms with E-state index in [1.54, 1.807) is 0 Å². The molecule has 1 aliphatic rings. The van der Waals surface area contributed by atoms with Gasteiger partial charge in [-0.2, -0.15) is 5.10 Å². The largest absolute Gasteiger partial charge is 0.363 e. The number of rotatable bonds is 5. The Labute approximate surface area is 143 Å². The third-order valence-corrected chi connectivity index (χ3v) is 4.56. The fourth-order valence-electron chi connectivity index (χ4n) is 3.48. The van der Waals surface area contributed by atoms with Crippen LogP contribution in [0.15, 0.2) is 18.5 Å². The van der Waals surface area contributed by atoms with Gasteiger partial charge in [0, 0.05) is 64.8 Å².